The highest BCUT2D eigenvalue weighted by Gasteiger charge is 2.17. The highest BCUT2D eigenvalue weighted by molar-refractivity contribution is 7.22. The number of ether oxygens (including phenoxy) is 2. The van der Waals surface area contributed by atoms with E-state index in [1.165, 1.54) is 11.3 Å². The fourth-order valence-electron chi connectivity index (χ4n) is 2.95. The number of rotatable bonds is 2. The summed E-state index contributed by atoms with van der Waals surface area (Å²) in [7, 11) is 0. The quantitative estimate of drug-likeness (QED) is 0.503. The van der Waals surface area contributed by atoms with Crippen LogP contribution >= 0.6 is 22.9 Å². The van der Waals surface area contributed by atoms with Crippen LogP contribution < -0.4 is 14.8 Å². The summed E-state index contributed by atoms with van der Waals surface area (Å²) in [5.74, 6) is 0.997. The molecule has 8 heteroatoms. The largest absolute Gasteiger partial charge is 0.486 e. The summed E-state index contributed by atoms with van der Waals surface area (Å²) in [5, 5.41) is 5.23. The van der Waals surface area contributed by atoms with Gasteiger partial charge in [0.25, 0.3) is 5.91 Å². The maximum absolute atomic E-state index is 12.6. The zero-order valence-electron chi connectivity index (χ0n) is 13.9. The number of aromatic nitrogens is 2. The van der Waals surface area contributed by atoms with Crippen molar-refractivity contribution in [2.45, 2.75) is 0 Å². The van der Waals surface area contributed by atoms with Gasteiger partial charge in [-0.3, -0.25) is 10.1 Å². The van der Waals surface area contributed by atoms with Crippen molar-refractivity contribution in [3.63, 3.8) is 0 Å². The summed E-state index contributed by atoms with van der Waals surface area (Å²) in [6.07, 6.45) is 0. The Morgan fingerprint density at radius 1 is 1.07 bits per heavy atom. The first-order valence-electron chi connectivity index (χ1n) is 8.24. The first-order chi connectivity index (χ1) is 13.2. The third-order valence-electron chi connectivity index (χ3n) is 4.20. The van der Waals surface area contributed by atoms with Crippen molar-refractivity contribution >= 4 is 55.0 Å². The fraction of sp³-hybridized carbons (Fsp3) is 0.105. The van der Waals surface area contributed by atoms with Crippen molar-refractivity contribution < 1.29 is 14.3 Å². The van der Waals surface area contributed by atoms with Gasteiger partial charge in [0, 0.05) is 17.5 Å². The molecule has 3 heterocycles. The monoisotopic (exact) mass is 397 g/mol. The molecule has 1 aliphatic rings. The minimum Gasteiger partial charge on any atom is -0.486 e. The predicted octanol–water partition coefficient (Wildman–Crippen LogP) is 4.52. The van der Waals surface area contributed by atoms with E-state index in [1.54, 1.807) is 6.07 Å². The average molecular weight is 398 g/mol. The number of thiazole rings is 1. The summed E-state index contributed by atoms with van der Waals surface area (Å²) >= 11 is 7.58. The maximum Gasteiger partial charge on any atom is 0.276 e. The molecule has 134 valence electrons. The van der Waals surface area contributed by atoms with Crippen molar-refractivity contribution in [3.8, 4) is 11.5 Å². The topological polar surface area (TPSA) is 73.3 Å². The Hall–Kier alpha value is -2.90. The number of nitrogens with zero attached hydrogens (tertiary/aromatic N) is 2. The normalized spacial score (nSPS) is 13.1. The predicted molar refractivity (Wildman–Crippen MR) is 105 cm³/mol. The van der Waals surface area contributed by atoms with Crippen molar-refractivity contribution in [3.05, 3.63) is 53.3 Å². The maximum atomic E-state index is 12.6. The van der Waals surface area contributed by atoms with Gasteiger partial charge in [0.05, 0.1) is 10.2 Å². The zero-order valence-corrected chi connectivity index (χ0v) is 15.4. The van der Waals surface area contributed by atoms with E-state index in [1.807, 2.05) is 36.4 Å². The molecule has 5 rings (SSSR count). The van der Waals surface area contributed by atoms with Crippen LogP contribution in [-0.4, -0.2) is 29.1 Å². The Labute approximate surface area is 162 Å². The molecule has 1 N–H and O–H groups in total. The molecule has 0 spiro atoms. The standard InChI is InChI=1S/C19H12ClN3O3S/c20-17-11-4-2-1-3-10(11)7-13(21-17)18(24)23-19-22-12-8-14-15(9-16(12)27-19)26-6-5-25-14/h1-4,7-9H,5-6H2,(H,22,23,24). The SMILES string of the molecule is O=C(Nc1nc2cc3c(cc2s1)OCCO3)c1cc2ccccc2c(Cl)n1. The minimum atomic E-state index is -0.362. The number of carbonyl (C=O) groups is 1. The molecule has 2 aromatic carbocycles. The Morgan fingerprint density at radius 2 is 1.85 bits per heavy atom. The molecule has 0 bridgehead atoms. The lowest BCUT2D eigenvalue weighted by Gasteiger charge is -2.17. The van der Waals surface area contributed by atoms with E-state index in [0.717, 1.165) is 21.0 Å². The van der Waals surface area contributed by atoms with Gasteiger partial charge in [0.2, 0.25) is 0 Å². The van der Waals surface area contributed by atoms with Gasteiger partial charge in [0.15, 0.2) is 16.6 Å². The third kappa shape index (κ3) is 2.94. The molecule has 1 aliphatic heterocycles. The van der Waals surface area contributed by atoms with Crippen LogP contribution in [0.5, 0.6) is 11.5 Å². The van der Waals surface area contributed by atoms with E-state index in [0.29, 0.717) is 35.0 Å². The summed E-state index contributed by atoms with van der Waals surface area (Å²) in [6, 6.07) is 12.9. The van der Waals surface area contributed by atoms with Crippen LogP contribution in [-0.2, 0) is 0 Å². The van der Waals surface area contributed by atoms with Crippen molar-refractivity contribution in [2.75, 3.05) is 18.5 Å². The molecule has 6 nitrogen and oxygen atoms in total. The molecule has 1 amide bonds. The van der Waals surface area contributed by atoms with E-state index in [4.69, 9.17) is 21.1 Å². The smallest absolute Gasteiger partial charge is 0.276 e. The number of nitrogens with one attached hydrogen (secondary N) is 1. The zero-order chi connectivity index (χ0) is 18.4. The Morgan fingerprint density at radius 3 is 2.70 bits per heavy atom. The Kier molecular flexibility index (Phi) is 3.84. The molecule has 0 saturated carbocycles. The second-order valence-corrected chi connectivity index (χ2v) is 7.34. The van der Waals surface area contributed by atoms with E-state index < -0.39 is 0 Å². The molecule has 4 aromatic rings. The lowest BCUT2D eigenvalue weighted by molar-refractivity contribution is 0.102. The number of hydrogen-bond donors (Lipinski definition) is 1. The van der Waals surface area contributed by atoms with E-state index in [9.17, 15) is 4.79 Å². The second-order valence-electron chi connectivity index (χ2n) is 5.96. The van der Waals surface area contributed by atoms with Crippen LogP contribution in [0.15, 0.2) is 42.5 Å². The second kappa shape index (κ2) is 6.37. The summed E-state index contributed by atoms with van der Waals surface area (Å²) in [4.78, 5) is 21.3. The van der Waals surface area contributed by atoms with Crippen molar-refractivity contribution in [1.82, 2.24) is 9.97 Å². The molecular weight excluding hydrogens is 386 g/mol. The van der Waals surface area contributed by atoms with Gasteiger partial charge in [-0.05, 0) is 11.5 Å². The van der Waals surface area contributed by atoms with Crippen LogP contribution in [0.25, 0.3) is 21.0 Å². The number of carbonyl (C=O) groups excluding carboxylic acids is 1. The van der Waals surface area contributed by atoms with E-state index in [-0.39, 0.29) is 11.6 Å². The van der Waals surface area contributed by atoms with Crippen molar-refractivity contribution in [2.24, 2.45) is 0 Å². The van der Waals surface area contributed by atoms with Gasteiger partial charge in [-0.15, -0.1) is 0 Å². The molecule has 0 fully saturated rings. The van der Waals surface area contributed by atoms with Crippen LogP contribution in [0.1, 0.15) is 10.5 Å². The molecule has 0 radical (unpaired) electrons. The van der Waals surface area contributed by atoms with Gasteiger partial charge >= 0.3 is 0 Å². The lowest BCUT2D eigenvalue weighted by Crippen LogP contribution is -2.15. The molecular formula is C19H12ClN3O3S. The minimum absolute atomic E-state index is 0.240. The third-order valence-corrected chi connectivity index (χ3v) is 5.42. The fourth-order valence-corrected chi connectivity index (χ4v) is 4.09. The molecule has 27 heavy (non-hydrogen) atoms. The molecule has 2 aromatic heterocycles. The van der Waals surface area contributed by atoms with E-state index in [2.05, 4.69) is 15.3 Å². The van der Waals surface area contributed by atoms with E-state index >= 15 is 0 Å². The van der Waals surface area contributed by atoms with Crippen LogP contribution in [0.4, 0.5) is 5.13 Å². The molecule has 0 unspecified atom stereocenters. The van der Waals surface area contributed by atoms with Crippen LogP contribution in [0.2, 0.25) is 5.15 Å². The van der Waals surface area contributed by atoms with Gasteiger partial charge in [0.1, 0.15) is 24.1 Å². The molecule has 0 atom stereocenters. The number of anilines is 1. The number of amides is 1. The summed E-state index contributed by atoms with van der Waals surface area (Å²) in [6.45, 7) is 1.04. The Balaban J connectivity index is 1.47. The van der Waals surface area contributed by atoms with Gasteiger partial charge in [-0.1, -0.05) is 47.2 Å². The number of fused-ring (bicyclic) bond motifs is 3. The first-order valence-corrected chi connectivity index (χ1v) is 9.44. The van der Waals surface area contributed by atoms with Crippen LogP contribution in [0, 0.1) is 0 Å². The molecule has 0 saturated heterocycles. The first kappa shape index (κ1) is 16.3. The highest BCUT2D eigenvalue weighted by atomic mass is 35.5. The van der Waals surface area contributed by atoms with Gasteiger partial charge in [-0.2, -0.15) is 0 Å². The summed E-state index contributed by atoms with van der Waals surface area (Å²) in [5.41, 5.74) is 0.980. The van der Waals surface area contributed by atoms with Crippen LogP contribution in [0.3, 0.4) is 0 Å². The van der Waals surface area contributed by atoms with Gasteiger partial charge < -0.3 is 9.47 Å². The average Bonchev–Trinajstić information content (AvgIpc) is 3.07. The van der Waals surface area contributed by atoms with Crippen molar-refractivity contribution in [1.29, 1.82) is 0 Å². The Bertz CT molecular complexity index is 1160. The number of pyridine rings is 1. The number of benzene rings is 2. The molecule has 0 aliphatic carbocycles. The number of halogens is 1. The summed E-state index contributed by atoms with van der Waals surface area (Å²) < 4.78 is 12.1. The lowest BCUT2D eigenvalue weighted by atomic mass is 10.1. The highest BCUT2D eigenvalue weighted by Crippen LogP contribution is 2.38. The van der Waals surface area contributed by atoms with Gasteiger partial charge in [-0.25, -0.2) is 9.97 Å². The number of hydrogen-bond acceptors (Lipinski definition) is 6.